The molecule has 0 saturated carbocycles. The van der Waals surface area contributed by atoms with Crippen LogP contribution in [0.25, 0.3) is 0 Å². The minimum Gasteiger partial charge on any atom is -0.495 e. The summed E-state index contributed by atoms with van der Waals surface area (Å²) in [6.07, 6.45) is 0. The van der Waals surface area contributed by atoms with E-state index in [-0.39, 0.29) is 28.6 Å². The molecule has 1 aliphatic heterocycles. The monoisotopic (exact) mass is 396 g/mol. The Morgan fingerprint density at radius 1 is 1.00 bits per heavy atom. The summed E-state index contributed by atoms with van der Waals surface area (Å²) >= 11 is 0. The van der Waals surface area contributed by atoms with Crippen LogP contribution >= 0.6 is 0 Å². The molecule has 0 aromatic heterocycles. The van der Waals surface area contributed by atoms with E-state index in [1.165, 1.54) is 29.6 Å². The lowest BCUT2D eigenvalue weighted by atomic mass is 10.2. The van der Waals surface area contributed by atoms with Crippen LogP contribution in [-0.4, -0.2) is 47.4 Å². The van der Waals surface area contributed by atoms with Crippen LogP contribution in [0.3, 0.4) is 0 Å². The summed E-state index contributed by atoms with van der Waals surface area (Å²) in [5.74, 6) is 0.260. The van der Waals surface area contributed by atoms with Crippen molar-refractivity contribution in [1.29, 1.82) is 0 Å². The van der Waals surface area contributed by atoms with Crippen molar-refractivity contribution >= 4 is 20.0 Å². The van der Waals surface area contributed by atoms with Crippen molar-refractivity contribution in [2.45, 2.75) is 22.8 Å². The summed E-state index contributed by atoms with van der Waals surface area (Å²) in [5, 5.41) is 0. The van der Waals surface area contributed by atoms with Crippen molar-refractivity contribution in [2.24, 2.45) is 0 Å². The van der Waals surface area contributed by atoms with E-state index >= 15 is 0 Å². The van der Waals surface area contributed by atoms with E-state index in [1.807, 2.05) is 6.92 Å². The molecule has 1 saturated heterocycles. The van der Waals surface area contributed by atoms with Gasteiger partial charge in [0.1, 0.15) is 10.6 Å². The first kappa shape index (κ1) is 18.8. The lowest BCUT2D eigenvalue weighted by Crippen LogP contribution is -2.60. The molecular weight excluding hydrogens is 376 g/mol. The van der Waals surface area contributed by atoms with Gasteiger partial charge in [0.05, 0.1) is 12.0 Å². The van der Waals surface area contributed by atoms with Crippen LogP contribution in [0.4, 0.5) is 0 Å². The van der Waals surface area contributed by atoms with Gasteiger partial charge in [0.15, 0.2) is 0 Å². The Bertz CT molecular complexity index is 996. The number of para-hydroxylation sites is 1. The third-order valence-corrected chi connectivity index (χ3v) is 7.60. The molecule has 2 aromatic carbocycles. The molecule has 0 unspecified atom stereocenters. The standard InChI is InChI=1S/C17H20N2O5S2/c1-13-7-9-15(10-8-13)25(20,21)18-14-11-19(12-14)26(22,23)17-6-4-3-5-16(17)24-2/h3-10,14,18H,11-12H2,1-2H3. The molecule has 1 N–H and O–H groups in total. The SMILES string of the molecule is COc1ccccc1S(=O)(=O)N1CC(NS(=O)(=O)c2ccc(C)cc2)C1. The molecule has 0 spiro atoms. The number of ether oxygens (including phenoxy) is 1. The predicted octanol–water partition coefficient (Wildman–Crippen LogP) is 1.36. The van der Waals surface area contributed by atoms with Gasteiger partial charge in [0, 0.05) is 19.1 Å². The number of aryl methyl sites for hydroxylation is 1. The highest BCUT2D eigenvalue weighted by atomic mass is 32.2. The molecule has 140 valence electrons. The van der Waals surface area contributed by atoms with Crippen LogP contribution in [0.1, 0.15) is 5.56 Å². The summed E-state index contributed by atoms with van der Waals surface area (Å²) in [7, 11) is -6.00. The van der Waals surface area contributed by atoms with E-state index in [9.17, 15) is 16.8 Å². The second-order valence-corrected chi connectivity index (χ2v) is 9.72. The maximum absolute atomic E-state index is 12.7. The molecule has 0 atom stereocenters. The summed E-state index contributed by atoms with van der Waals surface area (Å²) in [5.41, 5.74) is 0.960. The zero-order chi connectivity index (χ0) is 18.9. The van der Waals surface area contributed by atoms with Gasteiger partial charge in [-0.15, -0.1) is 0 Å². The van der Waals surface area contributed by atoms with Crippen LogP contribution in [0.2, 0.25) is 0 Å². The number of sulfonamides is 2. The third-order valence-electron chi connectivity index (χ3n) is 4.19. The van der Waals surface area contributed by atoms with Crippen molar-refractivity contribution in [2.75, 3.05) is 20.2 Å². The minimum absolute atomic E-state index is 0.0716. The van der Waals surface area contributed by atoms with Crippen LogP contribution < -0.4 is 9.46 Å². The third kappa shape index (κ3) is 3.61. The van der Waals surface area contributed by atoms with Crippen molar-refractivity contribution in [3.05, 3.63) is 54.1 Å². The fourth-order valence-corrected chi connectivity index (χ4v) is 5.59. The van der Waals surface area contributed by atoms with Gasteiger partial charge in [0.2, 0.25) is 20.0 Å². The van der Waals surface area contributed by atoms with Gasteiger partial charge in [-0.25, -0.2) is 21.6 Å². The minimum atomic E-state index is -3.73. The fraction of sp³-hybridized carbons (Fsp3) is 0.294. The molecule has 3 rings (SSSR count). The molecule has 9 heteroatoms. The molecule has 7 nitrogen and oxygen atoms in total. The molecular formula is C17H20N2O5S2. The molecule has 0 amide bonds. The molecule has 1 heterocycles. The maximum Gasteiger partial charge on any atom is 0.246 e. The van der Waals surface area contributed by atoms with Crippen molar-refractivity contribution < 1.29 is 21.6 Å². The highest BCUT2D eigenvalue weighted by molar-refractivity contribution is 7.90. The van der Waals surface area contributed by atoms with E-state index < -0.39 is 26.1 Å². The number of benzene rings is 2. The van der Waals surface area contributed by atoms with Crippen LogP contribution in [-0.2, 0) is 20.0 Å². The van der Waals surface area contributed by atoms with Gasteiger partial charge in [-0.3, -0.25) is 0 Å². The van der Waals surface area contributed by atoms with Gasteiger partial charge < -0.3 is 4.74 Å². The van der Waals surface area contributed by atoms with E-state index in [0.717, 1.165) is 5.56 Å². The number of hydrogen-bond acceptors (Lipinski definition) is 5. The first-order valence-corrected chi connectivity index (χ1v) is 10.9. The number of hydrogen-bond donors (Lipinski definition) is 1. The summed E-state index contributed by atoms with van der Waals surface area (Å²) in [4.78, 5) is 0.233. The van der Waals surface area contributed by atoms with E-state index in [4.69, 9.17) is 4.74 Å². The Kier molecular flexibility index (Phi) is 5.07. The zero-order valence-corrected chi connectivity index (χ0v) is 16.0. The molecule has 0 aliphatic carbocycles. The quantitative estimate of drug-likeness (QED) is 0.796. The van der Waals surface area contributed by atoms with Crippen LogP contribution in [0.5, 0.6) is 5.75 Å². The molecule has 26 heavy (non-hydrogen) atoms. The number of nitrogens with one attached hydrogen (secondary N) is 1. The normalized spacial score (nSPS) is 16.2. The molecule has 2 aromatic rings. The summed E-state index contributed by atoms with van der Waals surface area (Å²) in [6.45, 7) is 2.02. The average molecular weight is 396 g/mol. The van der Waals surface area contributed by atoms with E-state index in [0.29, 0.717) is 0 Å². The maximum atomic E-state index is 12.7. The first-order chi connectivity index (χ1) is 12.2. The summed E-state index contributed by atoms with van der Waals surface area (Å²) in [6, 6.07) is 12.4. The molecule has 1 aliphatic rings. The predicted molar refractivity (Wildman–Crippen MR) is 97.0 cm³/mol. The van der Waals surface area contributed by atoms with Gasteiger partial charge in [-0.05, 0) is 31.2 Å². The molecule has 1 fully saturated rings. The van der Waals surface area contributed by atoms with Gasteiger partial charge in [-0.1, -0.05) is 29.8 Å². The highest BCUT2D eigenvalue weighted by Crippen LogP contribution is 2.29. The fourth-order valence-electron chi connectivity index (χ4n) is 2.68. The largest absolute Gasteiger partial charge is 0.495 e. The first-order valence-electron chi connectivity index (χ1n) is 7.96. The Balaban J connectivity index is 1.69. The van der Waals surface area contributed by atoms with Crippen LogP contribution in [0.15, 0.2) is 58.3 Å². The Morgan fingerprint density at radius 3 is 2.23 bits per heavy atom. The second-order valence-electron chi connectivity index (χ2n) is 6.10. The van der Waals surface area contributed by atoms with Crippen molar-refractivity contribution in [1.82, 2.24) is 9.03 Å². The lowest BCUT2D eigenvalue weighted by Gasteiger charge is -2.38. The number of nitrogens with zero attached hydrogens (tertiary/aromatic N) is 1. The Morgan fingerprint density at radius 2 is 1.62 bits per heavy atom. The summed E-state index contributed by atoms with van der Waals surface area (Å²) < 4.78 is 59.0. The van der Waals surface area contributed by atoms with Crippen LogP contribution in [0, 0.1) is 6.92 Å². The Hall–Kier alpha value is -1.94. The number of rotatable bonds is 6. The highest BCUT2D eigenvalue weighted by Gasteiger charge is 2.39. The molecule has 0 radical (unpaired) electrons. The zero-order valence-electron chi connectivity index (χ0n) is 14.4. The van der Waals surface area contributed by atoms with Gasteiger partial charge in [0.25, 0.3) is 0 Å². The van der Waals surface area contributed by atoms with Crippen molar-refractivity contribution in [3.63, 3.8) is 0 Å². The lowest BCUT2D eigenvalue weighted by molar-refractivity contribution is 0.249. The molecule has 0 bridgehead atoms. The van der Waals surface area contributed by atoms with E-state index in [2.05, 4.69) is 4.72 Å². The van der Waals surface area contributed by atoms with Gasteiger partial charge in [-0.2, -0.15) is 4.31 Å². The van der Waals surface area contributed by atoms with Crippen molar-refractivity contribution in [3.8, 4) is 5.75 Å². The second kappa shape index (κ2) is 6.99. The average Bonchev–Trinajstić information content (AvgIpc) is 2.58. The van der Waals surface area contributed by atoms with Gasteiger partial charge >= 0.3 is 0 Å². The Labute approximate surface area is 153 Å². The number of methoxy groups -OCH3 is 1. The topological polar surface area (TPSA) is 92.8 Å². The van der Waals surface area contributed by atoms with E-state index in [1.54, 1.807) is 30.3 Å². The smallest absolute Gasteiger partial charge is 0.246 e.